The monoisotopic (exact) mass is 369 g/mol. The number of benzene rings is 1. The van der Waals surface area contributed by atoms with Crippen molar-refractivity contribution in [3.8, 4) is 5.75 Å². The predicted molar refractivity (Wildman–Crippen MR) is 100 cm³/mol. The fourth-order valence-electron chi connectivity index (χ4n) is 3.04. The molecule has 1 fully saturated rings. The molecule has 0 aliphatic carbocycles. The topological polar surface area (TPSA) is 71.8 Å². The van der Waals surface area contributed by atoms with Crippen molar-refractivity contribution in [3.63, 3.8) is 0 Å². The van der Waals surface area contributed by atoms with Gasteiger partial charge < -0.3 is 19.1 Å². The quantitative estimate of drug-likeness (QED) is 0.789. The number of amides is 2. The van der Waals surface area contributed by atoms with E-state index in [0.29, 0.717) is 19.6 Å². The Bertz CT molecular complexity index is 889. The number of carbonyl (C=O) groups excluding carboxylic acids is 2. The van der Waals surface area contributed by atoms with Gasteiger partial charge in [0, 0.05) is 25.8 Å². The molecule has 0 saturated carbocycles. The number of hydrogen-bond acceptors (Lipinski definition) is 4. The molecule has 0 unspecified atom stereocenters. The maximum atomic E-state index is 12.5. The molecule has 3 rings (SSSR count). The van der Waals surface area contributed by atoms with Crippen LogP contribution in [0.25, 0.3) is 0 Å². The first kappa shape index (κ1) is 18.7. The van der Waals surface area contributed by atoms with Crippen LogP contribution in [-0.2, 0) is 22.7 Å². The largest absolute Gasteiger partial charge is 0.491 e. The molecule has 27 heavy (non-hydrogen) atoms. The Morgan fingerprint density at radius 2 is 1.85 bits per heavy atom. The smallest absolute Gasteiger partial charge is 0.293 e. The summed E-state index contributed by atoms with van der Waals surface area (Å²) in [6.07, 6.45) is 1.54. The molecule has 1 aromatic heterocycles. The minimum Gasteiger partial charge on any atom is -0.491 e. The molecule has 2 heterocycles. The van der Waals surface area contributed by atoms with Crippen molar-refractivity contribution in [2.45, 2.75) is 20.0 Å². The van der Waals surface area contributed by atoms with Crippen LogP contribution in [0, 0.1) is 6.92 Å². The maximum absolute atomic E-state index is 12.5. The summed E-state index contributed by atoms with van der Waals surface area (Å²) in [6.45, 7) is 3.41. The third kappa shape index (κ3) is 4.36. The minimum absolute atomic E-state index is 0.0312. The van der Waals surface area contributed by atoms with Crippen molar-refractivity contribution in [1.82, 2.24) is 14.4 Å². The van der Waals surface area contributed by atoms with Crippen LogP contribution in [-0.4, -0.2) is 52.9 Å². The van der Waals surface area contributed by atoms with E-state index < -0.39 is 0 Å². The van der Waals surface area contributed by atoms with Gasteiger partial charge in [-0.2, -0.15) is 0 Å². The molecule has 0 spiro atoms. The molecule has 1 aromatic carbocycles. The van der Waals surface area contributed by atoms with Crippen LogP contribution in [0.5, 0.6) is 5.75 Å². The number of carbonyl (C=O) groups is 2. The number of rotatable bonds is 5. The molecule has 0 atom stereocenters. The van der Waals surface area contributed by atoms with E-state index in [2.05, 4.69) is 0 Å². The Morgan fingerprint density at radius 1 is 1.11 bits per heavy atom. The SMILES string of the molecule is COc1cccn(CC(=O)N2CCN(Cc3ccc(C)cc3)C(=O)C2)c1=O. The van der Waals surface area contributed by atoms with E-state index >= 15 is 0 Å². The Morgan fingerprint density at radius 3 is 2.52 bits per heavy atom. The zero-order valence-corrected chi connectivity index (χ0v) is 15.6. The van der Waals surface area contributed by atoms with Gasteiger partial charge >= 0.3 is 0 Å². The van der Waals surface area contributed by atoms with Crippen molar-refractivity contribution in [2.75, 3.05) is 26.7 Å². The van der Waals surface area contributed by atoms with Gasteiger partial charge in [-0.3, -0.25) is 14.4 Å². The van der Waals surface area contributed by atoms with E-state index in [0.717, 1.165) is 5.56 Å². The maximum Gasteiger partial charge on any atom is 0.293 e. The van der Waals surface area contributed by atoms with E-state index in [9.17, 15) is 14.4 Å². The second-order valence-electron chi connectivity index (χ2n) is 6.63. The van der Waals surface area contributed by atoms with Gasteiger partial charge in [0.15, 0.2) is 5.75 Å². The summed E-state index contributed by atoms with van der Waals surface area (Å²) in [6, 6.07) is 11.3. The third-order valence-corrected chi connectivity index (χ3v) is 4.68. The highest BCUT2D eigenvalue weighted by Crippen LogP contribution is 2.11. The lowest BCUT2D eigenvalue weighted by molar-refractivity contribution is -0.146. The fourth-order valence-corrected chi connectivity index (χ4v) is 3.04. The first-order chi connectivity index (χ1) is 13.0. The summed E-state index contributed by atoms with van der Waals surface area (Å²) in [5.41, 5.74) is 1.88. The molecule has 7 heteroatoms. The Kier molecular flexibility index (Phi) is 5.59. The van der Waals surface area contributed by atoms with Gasteiger partial charge in [-0.1, -0.05) is 29.8 Å². The molecule has 2 aromatic rings. The Hall–Kier alpha value is -3.09. The number of ether oxygens (including phenoxy) is 1. The first-order valence-electron chi connectivity index (χ1n) is 8.82. The van der Waals surface area contributed by atoms with Crippen LogP contribution in [0.1, 0.15) is 11.1 Å². The van der Waals surface area contributed by atoms with Crippen LogP contribution in [0.4, 0.5) is 0 Å². The Balaban J connectivity index is 1.60. The zero-order chi connectivity index (χ0) is 19.4. The van der Waals surface area contributed by atoms with Crippen LogP contribution in [0.15, 0.2) is 47.4 Å². The van der Waals surface area contributed by atoms with Gasteiger partial charge in [0.05, 0.1) is 13.7 Å². The molecule has 1 aliphatic heterocycles. The summed E-state index contributed by atoms with van der Waals surface area (Å²) in [5, 5.41) is 0. The van der Waals surface area contributed by atoms with Crippen LogP contribution in [0.3, 0.4) is 0 Å². The Labute approximate surface area is 157 Å². The summed E-state index contributed by atoms with van der Waals surface area (Å²) in [7, 11) is 1.41. The van der Waals surface area contributed by atoms with Crippen LogP contribution in [0.2, 0.25) is 0 Å². The third-order valence-electron chi connectivity index (χ3n) is 4.68. The molecular formula is C20H23N3O4. The number of hydrogen-bond donors (Lipinski definition) is 0. The standard InChI is InChI=1S/C20H23N3O4/c1-15-5-7-16(8-6-15)12-21-10-11-22(13-18(21)24)19(25)14-23-9-3-4-17(27-2)20(23)26/h3-9H,10-14H2,1-2H3. The average Bonchev–Trinajstić information content (AvgIpc) is 2.66. The van der Waals surface area contributed by atoms with Gasteiger partial charge in [-0.05, 0) is 24.6 Å². The second-order valence-corrected chi connectivity index (χ2v) is 6.63. The molecule has 7 nitrogen and oxygen atoms in total. The van der Waals surface area contributed by atoms with E-state index in [1.807, 2.05) is 31.2 Å². The summed E-state index contributed by atoms with van der Waals surface area (Å²) >= 11 is 0. The van der Waals surface area contributed by atoms with Crippen molar-refractivity contribution in [3.05, 3.63) is 64.1 Å². The highest BCUT2D eigenvalue weighted by molar-refractivity contribution is 5.86. The zero-order valence-electron chi connectivity index (χ0n) is 15.6. The lowest BCUT2D eigenvalue weighted by Gasteiger charge is -2.34. The van der Waals surface area contributed by atoms with E-state index in [1.165, 1.54) is 28.3 Å². The van der Waals surface area contributed by atoms with E-state index in [4.69, 9.17) is 4.74 Å². The predicted octanol–water partition coefficient (Wildman–Crippen LogP) is 1.04. The lowest BCUT2D eigenvalue weighted by atomic mass is 10.1. The van der Waals surface area contributed by atoms with Crippen molar-refractivity contribution < 1.29 is 14.3 Å². The lowest BCUT2D eigenvalue weighted by Crippen LogP contribution is -2.52. The van der Waals surface area contributed by atoms with Gasteiger partial charge in [-0.25, -0.2) is 0 Å². The normalized spacial score (nSPS) is 14.4. The molecule has 142 valence electrons. The van der Waals surface area contributed by atoms with Gasteiger partial charge in [0.1, 0.15) is 6.54 Å². The first-order valence-corrected chi connectivity index (χ1v) is 8.82. The molecule has 2 amide bonds. The van der Waals surface area contributed by atoms with Crippen molar-refractivity contribution in [1.29, 1.82) is 0 Å². The number of nitrogens with zero attached hydrogens (tertiary/aromatic N) is 3. The number of aryl methyl sites for hydroxylation is 1. The molecule has 1 aliphatic rings. The van der Waals surface area contributed by atoms with Gasteiger partial charge in [0.25, 0.3) is 5.56 Å². The molecule has 0 bridgehead atoms. The van der Waals surface area contributed by atoms with Crippen LogP contribution >= 0.6 is 0 Å². The molecular weight excluding hydrogens is 346 g/mol. The van der Waals surface area contributed by atoms with E-state index in [-0.39, 0.29) is 36.2 Å². The number of pyridine rings is 1. The van der Waals surface area contributed by atoms with Gasteiger partial charge in [0.2, 0.25) is 11.8 Å². The number of piperazine rings is 1. The number of methoxy groups -OCH3 is 1. The average molecular weight is 369 g/mol. The molecule has 0 radical (unpaired) electrons. The minimum atomic E-state index is -0.363. The summed E-state index contributed by atoms with van der Waals surface area (Å²) in [5.74, 6) is -0.161. The van der Waals surface area contributed by atoms with Crippen molar-refractivity contribution in [2.24, 2.45) is 0 Å². The van der Waals surface area contributed by atoms with Gasteiger partial charge in [-0.15, -0.1) is 0 Å². The molecule has 0 N–H and O–H groups in total. The molecule has 1 saturated heterocycles. The highest BCUT2D eigenvalue weighted by Gasteiger charge is 2.27. The number of aromatic nitrogens is 1. The van der Waals surface area contributed by atoms with Crippen LogP contribution < -0.4 is 10.3 Å². The summed E-state index contributed by atoms with van der Waals surface area (Å²) < 4.78 is 6.28. The highest BCUT2D eigenvalue weighted by atomic mass is 16.5. The fraction of sp³-hybridized carbons (Fsp3) is 0.350. The van der Waals surface area contributed by atoms with E-state index in [1.54, 1.807) is 17.0 Å². The second kappa shape index (κ2) is 8.07. The summed E-state index contributed by atoms with van der Waals surface area (Å²) in [4.78, 5) is 40.4. The van der Waals surface area contributed by atoms with Crippen molar-refractivity contribution >= 4 is 11.8 Å².